The predicted molar refractivity (Wildman–Crippen MR) is 517 cm³/mol. The maximum atomic E-state index is 14.3. The molecule has 5 aliphatic rings. The molecule has 7 aromatic carbocycles. The number of nitro groups is 5. The van der Waals surface area contributed by atoms with E-state index in [0.29, 0.717) is 122 Å². The molecule has 1 aliphatic heterocycles. The monoisotopic (exact) mass is 2090 g/mol. The quantitative estimate of drug-likeness (QED) is 0.0134. The molecule has 0 bridgehead atoms. The molecular weight excluding hydrogens is 1970 g/mol. The molecule has 40 heteroatoms. The molecule has 1 saturated heterocycles. The van der Waals surface area contributed by atoms with Gasteiger partial charge >= 0.3 is 52.9 Å². The number of carbonyl (C=O) groups is 3. The fraction of sp³-hybridized carbons (Fsp3) is 0.470. The summed E-state index contributed by atoms with van der Waals surface area (Å²) >= 11 is 1.84. The Balaban J connectivity index is 0.000000318. The number of cyclic esters (lactones) is 1. The zero-order valence-corrected chi connectivity index (χ0v) is 82.2. The van der Waals surface area contributed by atoms with Crippen LogP contribution >= 0.6 is 22.6 Å². The van der Waals surface area contributed by atoms with Crippen LogP contribution in [-0.4, -0.2) is 120 Å². The molecule has 1 heterocycles. The number of aryl methyl sites for hydroxylation is 2. The van der Waals surface area contributed by atoms with Gasteiger partial charge in [-0.3, -0.25) is 60.3 Å². The highest BCUT2D eigenvalue weighted by atomic mass is 127. The van der Waals surface area contributed by atoms with E-state index in [-0.39, 0.29) is 90.3 Å². The summed E-state index contributed by atoms with van der Waals surface area (Å²) in [5.41, 5.74) is 3.33. The van der Waals surface area contributed by atoms with Gasteiger partial charge in [-0.2, -0.15) is 48.3 Å². The summed E-state index contributed by atoms with van der Waals surface area (Å²) in [4.78, 5) is 89.6. The van der Waals surface area contributed by atoms with E-state index in [4.69, 9.17) is 33.2 Å². The van der Waals surface area contributed by atoms with Gasteiger partial charge in [0.15, 0.2) is 0 Å². The lowest BCUT2D eigenvalue weighted by atomic mass is 9.72. The van der Waals surface area contributed by atoms with Crippen molar-refractivity contribution in [1.82, 2.24) is 10.2 Å². The number of hydrogen-bond acceptors (Lipinski definition) is 22. The number of allylic oxidation sites excluding steroid dienone is 5. The Morgan fingerprint density at radius 3 is 1.26 bits per heavy atom. The Hall–Kier alpha value is -12.2. The van der Waals surface area contributed by atoms with Gasteiger partial charge < -0.3 is 43.6 Å². The number of nitro benzene ring substituents is 5. The van der Waals surface area contributed by atoms with E-state index in [1.807, 2.05) is 50.3 Å². The summed E-state index contributed by atoms with van der Waals surface area (Å²) < 4.78 is 186. The van der Waals surface area contributed by atoms with Crippen molar-refractivity contribution in [2.75, 3.05) is 55.2 Å². The minimum atomic E-state index is -4.55. The van der Waals surface area contributed by atoms with Crippen LogP contribution in [0.5, 0.6) is 28.7 Å². The van der Waals surface area contributed by atoms with Gasteiger partial charge in [-0.05, 0) is 225 Å². The number of aliphatic hydroxyl groups is 1. The predicted octanol–water partition coefficient (Wildman–Crippen LogP) is 27.2. The fourth-order valence-corrected chi connectivity index (χ4v) is 17.7. The van der Waals surface area contributed by atoms with Crippen LogP contribution in [0.1, 0.15) is 250 Å². The Morgan fingerprint density at radius 2 is 0.864 bits per heavy atom. The van der Waals surface area contributed by atoms with Gasteiger partial charge in [-0.25, -0.2) is 9.59 Å². The molecule has 7 aromatic rings. The summed E-state index contributed by atoms with van der Waals surface area (Å²) in [5.74, 6) is -4.27. The zero-order chi connectivity index (χ0) is 104. The minimum Gasteiger partial charge on any atom is -0.496 e. The van der Waals surface area contributed by atoms with Crippen molar-refractivity contribution in [2.24, 2.45) is 21.7 Å². The minimum absolute atomic E-state index is 0. The number of ether oxygens (including phenoxy) is 7. The first-order valence-corrected chi connectivity index (χ1v) is 44.9. The highest BCUT2D eigenvalue weighted by molar-refractivity contribution is 14.1. The van der Waals surface area contributed by atoms with Crippen molar-refractivity contribution in [3.8, 4) is 28.7 Å². The largest absolute Gasteiger partial charge is 0.496 e. The van der Waals surface area contributed by atoms with Crippen molar-refractivity contribution in [2.45, 2.75) is 232 Å². The van der Waals surface area contributed by atoms with Gasteiger partial charge in [0.05, 0.1) is 93.6 Å². The zero-order valence-electron chi connectivity index (χ0n) is 80.1. The number of hydrogen-bond donors (Lipinski definition) is 2. The molecule has 140 heavy (non-hydrogen) atoms. The average molecular weight is 2090 g/mol. The van der Waals surface area contributed by atoms with Crippen LogP contribution < -0.4 is 29.0 Å². The number of nitrogens with zero attached hydrogens (tertiary/aromatic N) is 6. The Kier molecular flexibility index (Phi) is 41.6. The average Bonchev–Trinajstić information content (AvgIpc) is 1.61. The van der Waals surface area contributed by atoms with Crippen molar-refractivity contribution in [3.63, 3.8) is 0 Å². The Labute approximate surface area is 819 Å². The lowest BCUT2D eigenvalue weighted by molar-refractivity contribution is -0.387. The number of halogens is 12. The third-order valence-corrected chi connectivity index (χ3v) is 25.0. The molecule has 1 fully saturated rings. The van der Waals surface area contributed by atoms with Crippen LogP contribution in [-0.2, 0) is 31.4 Å². The molecule has 2 N–H and O–H groups in total. The Bertz CT molecular complexity index is 5890. The van der Waals surface area contributed by atoms with E-state index in [1.165, 1.54) is 52.6 Å². The van der Waals surface area contributed by atoms with Crippen molar-refractivity contribution in [3.05, 3.63) is 258 Å². The second-order valence-electron chi connectivity index (χ2n) is 36.6. The molecule has 0 aromatic heterocycles. The normalized spacial score (nSPS) is 17.1. The second-order valence-corrected chi connectivity index (χ2v) is 37.8. The lowest BCUT2D eigenvalue weighted by Crippen LogP contribution is -2.35. The van der Waals surface area contributed by atoms with Crippen LogP contribution in [0.25, 0.3) is 22.3 Å². The van der Waals surface area contributed by atoms with Crippen LogP contribution in [0.3, 0.4) is 0 Å². The van der Waals surface area contributed by atoms with E-state index in [2.05, 4.69) is 46.9 Å². The number of benzene rings is 7. The standard InChI is InChI=1S/C28H30F4N2O5.C27H32F4N2O4.C18H22FNO5.C16H18FNO4.C7H5FINO3.C2H6.2CH4/c1-15-8-17(10-19(9-15)28(30,31)32)25-16(2)33(26(35)39-25)14-18-13-27(3,4)7-6-20(18)21-11-23(34(36)37)22(29)12-24(21)38-5;1-15-8-17(10-19(9-15)27(29,30)31)25(34)16(2)32-14-18-13-26(3,4)7-6-20(18)21-11-23(33(35)36)22(28)12-24(21)37-5;1-5-25-17(21)13-10-18(2,3)7-6-11(13)12-8-15(20(22)23)14(19)9-16(12)24-4;1-16(2)5-4-11(10(8-16)9-19)12-6-14(18(20)21)13(17)7-15(12)22-3;1-13-7-2-4(8)6(10(11)12)3-5(7)9;1-2;;/h8-12,16,25H,6-7,13-14H2,1-5H3;8-12,16,25,32,34H,6-7,13-14H2,1-5H3;8-9H,5-7,10H2,1-4H3;6-7,9H,4-5,8H2,1-3H3;2-3H,1H3;1-2H3;2*1H4/t2*16-,25-;;;;;;/m00....../s1. The fourth-order valence-electron chi connectivity index (χ4n) is 17.1. The lowest BCUT2D eigenvalue weighted by Gasteiger charge is -2.35. The maximum Gasteiger partial charge on any atom is 0.416 e. The summed E-state index contributed by atoms with van der Waals surface area (Å²) in [6, 6.07) is 16.7. The number of rotatable bonds is 25. The molecular formula is C100H121F11IN7O21. The van der Waals surface area contributed by atoms with Gasteiger partial charge in [-0.1, -0.05) is 113 Å². The highest BCUT2D eigenvalue weighted by Crippen LogP contribution is 2.52. The maximum absolute atomic E-state index is 14.3. The third kappa shape index (κ3) is 29.9. The third-order valence-electron chi connectivity index (χ3n) is 24.2. The molecule has 766 valence electrons. The number of esters is 1. The van der Waals surface area contributed by atoms with Gasteiger partial charge in [0.2, 0.25) is 29.1 Å². The van der Waals surface area contributed by atoms with Gasteiger partial charge in [0, 0.05) is 108 Å². The summed E-state index contributed by atoms with van der Waals surface area (Å²) in [5, 5.41) is 69.2. The first kappa shape index (κ1) is 118. The van der Waals surface area contributed by atoms with Gasteiger partial charge in [0.25, 0.3) is 0 Å². The first-order chi connectivity index (χ1) is 64.3. The number of amides is 1. The number of carbonyl (C=O) groups excluding carboxylic acids is 3. The van der Waals surface area contributed by atoms with E-state index >= 15 is 0 Å². The van der Waals surface area contributed by atoms with Gasteiger partial charge in [0.1, 0.15) is 41.1 Å². The van der Waals surface area contributed by atoms with Crippen LogP contribution in [0, 0.1) is 119 Å². The number of alkyl halides is 6. The van der Waals surface area contributed by atoms with Crippen LogP contribution in [0.15, 0.2) is 119 Å². The van der Waals surface area contributed by atoms with Crippen molar-refractivity contribution < 1.29 is 126 Å². The van der Waals surface area contributed by atoms with E-state index in [0.717, 1.165) is 128 Å². The summed E-state index contributed by atoms with van der Waals surface area (Å²) in [6.07, 6.45) is -3.46. The second kappa shape index (κ2) is 49.3. The van der Waals surface area contributed by atoms with E-state index in [1.54, 1.807) is 40.7 Å². The molecule has 4 aliphatic carbocycles. The molecule has 4 atom stereocenters. The van der Waals surface area contributed by atoms with Crippen LogP contribution in [0.4, 0.5) is 81.5 Å². The number of aldehydes is 1. The molecule has 1 amide bonds. The van der Waals surface area contributed by atoms with Crippen LogP contribution in [0.2, 0.25) is 0 Å². The van der Waals surface area contributed by atoms with Gasteiger partial charge in [-0.15, -0.1) is 0 Å². The SMILES string of the molecule is C.C.CC.CCOC(=O)C1=C(c2cc([N+](=O)[O-])c(F)cc2OC)CCC(C)(C)C1.COc1cc(F)c([N+](=O)[O-])cc1C1=C(C=O)CC(C)(C)CC1.COc1cc(F)c([N+](=O)[O-])cc1C1=C(CN2C(=O)O[C@H](c3cc(C)cc(C(F)(F)F)c3)[C@@H]2C)CC(C)(C)CC1.COc1cc(F)c([N+](=O)[O-])cc1C1=C(CN[C@@H](C)[C@H](O)c2cc(C)cc(C(F)(F)F)c2)CC(C)(C)CC1.COc1cc(F)c([N+](=O)[O-])cc1I. The Morgan fingerprint density at radius 1 is 0.521 bits per heavy atom. The summed E-state index contributed by atoms with van der Waals surface area (Å²) in [6.45, 7) is 29.4. The molecule has 0 radical (unpaired) electrons. The number of nitrogens with one attached hydrogen (secondary N) is 1. The smallest absolute Gasteiger partial charge is 0.416 e. The summed E-state index contributed by atoms with van der Waals surface area (Å²) in [7, 11) is 6.83. The highest BCUT2D eigenvalue weighted by Gasteiger charge is 2.45. The van der Waals surface area contributed by atoms with Crippen molar-refractivity contribution >= 4 is 91.7 Å². The first-order valence-electron chi connectivity index (χ1n) is 43.8. The molecule has 12 rings (SSSR count). The van der Waals surface area contributed by atoms with E-state index in [9.17, 15) is 118 Å². The number of aliphatic hydroxyl groups excluding tert-OH is 1. The molecule has 0 saturated carbocycles. The van der Waals surface area contributed by atoms with E-state index < -0.39 is 142 Å². The number of methoxy groups -OCH3 is 5. The molecule has 0 unspecified atom stereocenters. The molecule has 28 nitrogen and oxygen atoms in total. The van der Waals surface area contributed by atoms with Crippen molar-refractivity contribution in [1.29, 1.82) is 0 Å². The topological polar surface area (TPSA) is 367 Å². The molecule has 0 spiro atoms.